The first-order valence-electron chi connectivity index (χ1n) is 6.78. The number of hydrogen-bond donors (Lipinski definition) is 0. The normalized spacial score (nSPS) is 29.1. The van der Waals surface area contributed by atoms with Gasteiger partial charge in [0.1, 0.15) is 5.75 Å². The maximum atomic E-state index is 6.21. The van der Waals surface area contributed by atoms with E-state index in [9.17, 15) is 0 Å². The Morgan fingerprint density at radius 2 is 1.65 bits per heavy atom. The first-order valence-corrected chi connectivity index (χ1v) is 6.78. The zero-order valence-corrected chi connectivity index (χ0v) is 11.5. The molecule has 2 rings (SSSR count). The molecule has 1 aliphatic rings. The summed E-state index contributed by atoms with van der Waals surface area (Å²) in [5.41, 5.74) is 2.53. The van der Waals surface area contributed by atoms with E-state index in [2.05, 4.69) is 45.9 Å². The van der Waals surface area contributed by atoms with E-state index in [0.29, 0.717) is 6.10 Å². The minimum atomic E-state index is 0.411. The lowest BCUT2D eigenvalue weighted by molar-refractivity contribution is 0.100. The second-order valence-electron chi connectivity index (χ2n) is 5.93. The Balaban J connectivity index is 2.07. The highest BCUT2D eigenvalue weighted by atomic mass is 16.5. The maximum Gasteiger partial charge on any atom is 0.122 e. The zero-order valence-electron chi connectivity index (χ0n) is 11.5. The first-order chi connectivity index (χ1) is 8.04. The molecule has 1 saturated carbocycles. The van der Waals surface area contributed by atoms with E-state index in [1.165, 1.54) is 30.4 Å². The molecular formula is C16H24O. The quantitative estimate of drug-likeness (QED) is 0.729. The molecule has 0 aliphatic heterocycles. The topological polar surface area (TPSA) is 9.23 Å². The van der Waals surface area contributed by atoms with E-state index in [4.69, 9.17) is 4.74 Å². The van der Waals surface area contributed by atoms with Gasteiger partial charge in [-0.1, -0.05) is 26.0 Å². The van der Waals surface area contributed by atoms with Crippen molar-refractivity contribution in [2.24, 2.45) is 11.8 Å². The van der Waals surface area contributed by atoms with Gasteiger partial charge in [-0.2, -0.15) is 0 Å². The fraction of sp³-hybridized carbons (Fsp3) is 0.625. The molecule has 0 radical (unpaired) electrons. The van der Waals surface area contributed by atoms with Gasteiger partial charge in [0.25, 0.3) is 0 Å². The van der Waals surface area contributed by atoms with Crippen molar-refractivity contribution in [1.82, 2.24) is 0 Å². The van der Waals surface area contributed by atoms with Gasteiger partial charge in [-0.3, -0.25) is 0 Å². The van der Waals surface area contributed by atoms with Crippen LogP contribution in [0, 0.1) is 25.7 Å². The summed E-state index contributed by atoms with van der Waals surface area (Å²) in [6.07, 6.45) is 4.18. The van der Waals surface area contributed by atoms with Gasteiger partial charge in [0.15, 0.2) is 0 Å². The highest BCUT2D eigenvalue weighted by molar-refractivity contribution is 5.36. The van der Waals surface area contributed by atoms with Crippen molar-refractivity contribution < 1.29 is 4.74 Å². The van der Waals surface area contributed by atoms with Crippen LogP contribution in [0.5, 0.6) is 5.75 Å². The summed E-state index contributed by atoms with van der Waals surface area (Å²) in [5.74, 6) is 2.68. The molecule has 1 aliphatic carbocycles. The fourth-order valence-corrected chi connectivity index (χ4v) is 2.98. The molecule has 0 bridgehead atoms. The van der Waals surface area contributed by atoms with Crippen molar-refractivity contribution in [3.8, 4) is 5.75 Å². The summed E-state index contributed by atoms with van der Waals surface area (Å²) in [6.45, 7) is 8.94. The van der Waals surface area contributed by atoms with Crippen molar-refractivity contribution >= 4 is 0 Å². The Hall–Kier alpha value is -0.980. The van der Waals surface area contributed by atoms with Gasteiger partial charge in [0.2, 0.25) is 0 Å². The summed E-state index contributed by atoms with van der Waals surface area (Å²) < 4.78 is 6.21. The SMILES string of the molecule is Cc1ccc(C)c(OC2CC(C)CC(C)C2)c1. The first kappa shape index (κ1) is 12.5. The third-order valence-corrected chi connectivity index (χ3v) is 3.77. The number of ether oxygens (including phenoxy) is 1. The zero-order chi connectivity index (χ0) is 12.4. The molecule has 1 fully saturated rings. The molecule has 0 heterocycles. The predicted molar refractivity (Wildman–Crippen MR) is 72.5 cm³/mol. The van der Waals surface area contributed by atoms with Gasteiger partial charge < -0.3 is 4.74 Å². The van der Waals surface area contributed by atoms with E-state index in [1.807, 2.05) is 0 Å². The smallest absolute Gasteiger partial charge is 0.122 e. The molecule has 0 N–H and O–H groups in total. The number of rotatable bonds is 2. The molecule has 2 unspecified atom stereocenters. The Labute approximate surface area is 105 Å². The average Bonchev–Trinajstić information content (AvgIpc) is 2.22. The molecule has 0 aromatic heterocycles. The Morgan fingerprint density at radius 3 is 2.29 bits per heavy atom. The predicted octanol–water partition coefficient (Wildman–Crippen LogP) is 4.51. The molecule has 17 heavy (non-hydrogen) atoms. The molecule has 0 amide bonds. The highest BCUT2D eigenvalue weighted by Gasteiger charge is 2.25. The molecular weight excluding hydrogens is 208 g/mol. The van der Waals surface area contributed by atoms with Crippen LogP contribution in [0.15, 0.2) is 18.2 Å². The van der Waals surface area contributed by atoms with Crippen LogP contribution in [0.1, 0.15) is 44.2 Å². The van der Waals surface area contributed by atoms with Gasteiger partial charge in [0.05, 0.1) is 6.10 Å². The lowest BCUT2D eigenvalue weighted by Crippen LogP contribution is -2.28. The van der Waals surface area contributed by atoms with Crippen molar-refractivity contribution in [2.45, 2.75) is 53.1 Å². The van der Waals surface area contributed by atoms with E-state index in [1.54, 1.807) is 0 Å². The van der Waals surface area contributed by atoms with E-state index >= 15 is 0 Å². The number of benzene rings is 1. The highest BCUT2D eigenvalue weighted by Crippen LogP contribution is 2.32. The minimum absolute atomic E-state index is 0.411. The molecule has 2 atom stereocenters. The molecule has 1 aromatic carbocycles. The molecule has 0 saturated heterocycles. The second kappa shape index (κ2) is 5.12. The van der Waals surface area contributed by atoms with Gasteiger partial charge >= 0.3 is 0 Å². The van der Waals surface area contributed by atoms with Crippen molar-refractivity contribution in [2.75, 3.05) is 0 Å². The average molecular weight is 232 g/mol. The molecule has 1 heteroatoms. The minimum Gasteiger partial charge on any atom is -0.490 e. The van der Waals surface area contributed by atoms with Crippen LogP contribution in [0.4, 0.5) is 0 Å². The Kier molecular flexibility index (Phi) is 3.76. The molecule has 0 spiro atoms. The summed E-state index contributed by atoms with van der Waals surface area (Å²) in [4.78, 5) is 0. The largest absolute Gasteiger partial charge is 0.490 e. The summed E-state index contributed by atoms with van der Waals surface area (Å²) >= 11 is 0. The summed E-state index contributed by atoms with van der Waals surface area (Å²) in [5, 5.41) is 0. The van der Waals surface area contributed by atoms with Gasteiger partial charge in [0, 0.05) is 0 Å². The second-order valence-corrected chi connectivity index (χ2v) is 5.93. The van der Waals surface area contributed by atoms with Crippen LogP contribution >= 0.6 is 0 Å². The van der Waals surface area contributed by atoms with Crippen LogP contribution in [-0.2, 0) is 0 Å². The van der Waals surface area contributed by atoms with Gasteiger partial charge in [-0.15, -0.1) is 0 Å². The maximum absolute atomic E-state index is 6.21. The summed E-state index contributed by atoms with van der Waals surface area (Å²) in [7, 11) is 0. The van der Waals surface area contributed by atoms with E-state index < -0.39 is 0 Å². The third kappa shape index (κ3) is 3.24. The summed E-state index contributed by atoms with van der Waals surface area (Å²) in [6, 6.07) is 6.47. The monoisotopic (exact) mass is 232 g/mol. The van der Waals surface area contributed by atoms with Crippen LogP contribution in [0.25, 0.3) is 0 Å². The fourth-order valence-electron chi connectivity index (χ4n) is 2.98. The van der Waals surface area contributed by atoms with Crippen molar-refractivity contribution in [3.63, 3.8) is 0 Å². The lowest BCUT2D eigenvalue weighted by atomic mass is 9.82. The van der Waals surface area contributed by atoms with E-state index in [0.717, 1.165) is 17.6 Å². The standard InChI is InChI=1S/C16H24O/c1-11-5-6-14(4)16(10-11)17-15-8-12(2)7-13(3)9-15/h5-6,10,12-13,15H,7-9H2,1-4H3. The molecule has 1 nitrogen and oxygen atoms in total. The Bertz CT molecular complexity index is 373. The number of aryl methyl sites for hydroxylation is 2. The Morgan fingerprint density at radius 1 is 1.00 bits per heavy atom. The van der Waals surface area contributed by atoms with Crippen molar-refractivity contribution in [3.05, 3.63) is 29.3 Å². The van der Waals surface area contributed by atoms with Gasteiger partial charge in [-0.05, 0) is 62.1 Å². The molecule has 1 aromatic rings. The van der Waals surface area contributed by atoms with Crippen LogP contribution < -0.4 is 4.74 Å². The van der Waals surface area contributed by atoms with Crippen molar-refractivity contribution in [1.29, 1.82) is 0 Å². The van der Waals surface area contributed by atoms with Crippen LogP contribution in [-0.4, -0.2) is 6.10 Å². The van der Waals surface area contributed by atoms with E-state index in [-0.39, 0.29) is 0 Å². The van der Waals surface area contributed by atoms with Crippen LogP contribution in [0.3, 0.4) is 0 Å². The van der Waals surface area contributed by atoms with Crippen LogP contribution in [0.2, 0.25) is 0 Å². The third-order valence-electron chi connectivity index (χ3n) is 3.77. The number of hydrogen-bond acceptors (Lipinski definition) is 1. The van der Waals surface area contributed by atoms with Gasteiger partial charge in [-0.25, -0.2) is 0 Å². The lowest BCUT2D eigenvalue weighted by Gasteiger charge is -2.32. The molecule has 94 valence electrons.